The van der Waals surface area contributed by atoms with Crippen molar-refractivity contribution in [2.75, 3.05) is 12.4 Å². The van der Waals surface area contributed by atoms with Crippen LogP contribution >= 0.6 is 11.3 Å². The van der Waals surface area contributed by atoms with Crippen molar-refractivity contribution >= 4 is 34.1 Å². The molecule has 2 atom stereocenters. The van der Waals surface area contributed by atoms with Crippen molar-refractivity contribution < 1.29 is 19.1 Å². The third-order valence-corrected chi connectivity index (χ3v) is 5.43. The first kappa shape index (κ1) is 15.1. The average molecular weight is 322 g/mol. The molecule has 2 saturated carbocycles. The molecule has 0 spiro atoms. The third kappa shape index (κ3) is 2.90. The molecule has 22 heavy (non-hydrogen) atoms. The number of nitrogens with zero attached hydrogens (tertiary/aromatic N) is 1. The SMILES string of the molecule is COC(=O)c1cnc(NC(=O)C2CC3CCCC(C2)C3=O)s1. The Labute approximate surface area is 132 Å². The van der Waals surface area contributed by atoms with E-state index in [1.165, 1.54) is 13.3 Å². The first-order valence-electron chi connectivity index (χ1n) is 7.47. The van der Waals surface area contributed by atoms with Crippen LogP contribution in [0.2, 0.25) is 0 Å². The van der Waals surface area contributed by atoms with Gasteiger partial charge in [0.05, 0.1) is 13.3 Å². The van der Waals surface area contributed by atoms with Gasteiger partial charge >= 0.3 is 5.97 Å². The zero-order chi connectivity index (χ0) is 15.7. The number of methoxy groups -OCH3 is 1. The van der Waals surface area contributed by atoms with Gasteiger partial charge in [0.15, 0.2) is 5.13 Å². The molecule has 118 valence electrons. The second kappa shape index (κ2) is 6.16. The molecule has 2 aliphatic rings. The van der Waals surface area contributed by atoms with Gasteiger partial charge in [-0.25, -0.2) is 9.78 Å². The summed E-state index contributed by atoms with van der Waals surface area (Å²) in [5.74, 6) is -0.266. The van der Waals surface area contributed by atoms with Crippen molar-refractivity contribution in [2.24, 2.45) is 17.8 Å². The Bertz CT molecular complexity index is 596. The Hall–Kier alpha value is -1.76. The van der Waals surface area contributed by atoms with Gasteiger partial charge in [0.2, 0.25) is 5.91 Å². The van der Waals surface area contributed by atoms with Crippen LogP contribution < -0.4 is 5.32 Å². The van der Waals surface area contributed by atoms with Gasteiger partial charge in [-0.05, 0) is 25.7 Å². The molecule has 1 aromatic rings. The number of esters is 1. The van der Waals surface area contributed by atoms with Gasteiger partial charge in [-0.1, -0.05) is 17.8 Å². The number of fused-ring (bicyclic) bond motifs is 2. The molecule has 1 amide bonds. The predicted octanol–water partition coefficient (Wildman–Crippen LogP) is 2.26. The first-order valence-corrected chi connectivity index (χ1v) is 8.29. The number of rotatable bonds is 3. The number of ether oxygens (including phenoxy) is 1. The van der Waals surface area contributed by atoms with Crippen molar-refractivity contribution in [2.45, 2.75) is 32.1 Å². The number of hydrogen-bond donors (Lipinski definition) is 1. The Kier molecular flexibility index (Phi) is 4.24. The average Bonchev–Trinajstić information content (AvgIpc) is 2.94. The number of amides is 1. The fourth-order valence-corrected chi connectivity index (χ4v) is 4.17. The number of ketones is 1. The number of nitrogens with one attached hydrogen (secondary N) is 1. The van der Waals surface area contributed by atoms with E-state index in [2.05, 4.69) is 15.0 Å². The number of carbonyl (C=O) groups excluding carboxylic acids is 3. The lowest BCUT2D eigenvalue weighted by Crippen LogP contribution is -2.40. The summed E-state index contributed by atoms with van der Waals surface area (Å²) in [5.41, 5.74) is 0. The van der Waals surface area contributed by atoms with Crippen LogP contribution in [0.25, 0.3) is 0 Å². The summed E-state index contributed by atoms with van der Waals surface area (Å²) < 4.78 is 4.61. The number of carbonyl (C=O) groups is 3. The molecule has 2 fully saturated rings. The fourth-order valence-electron chi connectivity index (χ4n) is 3.43. The highest BCUT2D eigenvalue weighted by Gasteiger charge is 2.41. The fraction of sp³-hybridized carbons (Fsp3) is 0.600. The number of Topliss-reactive ketones (excluding diaryl/α,β-unsaturated/α-hetero) is 1. The van der Waals surface area contributed by atoms with Crippen molar-refractivity contribution in [1.82, 2.24) is 4.98 Å². The van der Waals surface area contributed by atoms with Crippen molar-refractivity contribution in [1.29, 1.82) is 0 Å². The van der Waals surface area contributed by atoms with Gasteiger partial charge < -0.3 is 10.1 Å². The molecular weight excluding hydrogens is 304 g/mol. The monoisotopic (exact) mass is 322 g/mol. The van der Waals surface area contributed by atoms with Gasteiger partial charge in [0.25, 0.3) is 0 Å². The highest BCUT2D eigenvalue weighted by molar-refractivity contribution is 7.17. The summed E-state index contributed by atoms with van der Waals surface area (Å²) >= 11 is 1.10. The van der Waals surface area contributed by atoms with E-state index in [1.807, 2.05) is 0 Å². The molecule has 6 nitrogen and oxygen atoms in total. The van der Waals surface area contributed by atoms with Crippen LogP contribution in [0.5, 0.6) is 0 Å². The summed E-state index contributed by atoms with van der Waals surface area (Å²) in [5, 5.41) is 3.16. The largest absolute Gasteiger partial charge is 0.465 e. The number of thiazole rings is 1. The maximum Gasteiger partial charge on any atom is 0.349 e. The molecule has 3 rings (SSSR count). The highest BCUT2D eigenvalue weighted by atomic mass is 32.1. The number of anilines is 1. The predicted molar refractivity (Wildman–Crippen MR) is 80.6 cm³/mol. The molecule has 0 saturated heterocycles. The molecule has 2 aliphatic carbocycles. The molecule has 0 aliphatic heterocycles. The van der Waals surface area contributed by atoms with Gasteiger partial charge in [-0.3, -0.25) is 9.59 Å². The summed E-state index contributed by atoms with van der Waals surface area (Å²) in [6.07, 6.45) is 5.56. The van der Waals surface area contributed by atoms with Crippen LogP contribution in [-0.4, -0.2) is 29.8 Å². The molecule has 1 N–H and O–H groups in total. The van der Waals surface area contributed by atoms with Crippen LogP contribution in [-0.2, 0) is 14.3 Å². The lowest BCUT2D eigenvalue weighted by Gasteiger charge is -2.36. The highest BCUT2D eigenvalue weighted by Crippen LogP contribution is 2.40. The van der Waals surface area contributed by atoms with Gasteiger partial charge in [0, 0.05) is 17.8 Å². The summed E-state index contributed by atoms with van der Waals surface area (Å²) in [6, 6.07) is 0. The van der Waals surface area contributed by atoms with Gasteiger partial charge in [0.1, 0.15) is 10.7 Å². The van der Waals surface area contributed by atoms with Crippen molar-refractivity contribution in [3.05, 3.63) is 11.1 Å². The van der Waals surface area contributed by atoms with Crippen LogP contribution in [0.1, 0.15) is 41.8 Å². The molecule has 2 bridgehead atoms. The van der Waals surface area contributed by atoms with Gasteiger partial charge in [-0.15, -0.1) is 0 Å². The molecule has 1 heterocycles. The Morgan fingerprint density at radius 3 is 2.64 bits per heavy atom. The smallest absolute Gasteiger partial charge is 0.349 e. The normalized spacial score (nSPS) is 27.3. The Morgan fingerprint density at radius 1 is 1.32 bits per heavy atom. The Morgan fingerprint density at radius 2 is 2.00 bits per heavy atom. The van der Waals surface area contributed by atoms with E-state index in [0.717, 1.165) is 30.6 Å². The third-order valence-electron chi connectivity index (χ3n) is 4.54. The zero-order valence-corrected chi connectivity index (χ0v) is 13.1. The van der Waals surface area contributed by atoms with Crippen LogP contribution in [0.3, 0.4) is 0 Å². The van der Waals surface area contributed by atoms with Crippen LogP contribution in [0, 0.1) is 17.8 Å². The summed E-state index contributed by atoms with van der Waals surface area (Å²) in [4.78, 5) is 40.2. The minimum atomic E-state index is -0.462. The minimum absolute atomic E-state index is 0.0465. The van der Waals surface area contributed by atoms with E-state index < -0.39 is 5.97 Å². The molecule has 0 aromatic carbocycles. The van der Waals surface area contributed by atoms with Crippen LogP contribution in [0.15, 0.2) is 6.20 Å². The number of aromatic nitrogens is 1. The second-order valence-electron chi connectivity index (χ2n) is 5.91. The van der Waals surface area contributed by atoms with E-state index in [1.54, 1.807) is 0 Å². The maximum atomic E-state index is 12.4. The molecule has 2 unspecified atom stereocenters. The van der Waals surface area contributed by atoms with E-state index in [0.29, 0.717) is 28.6 Å². The Balaban J connectivity index is 1.64. The van der Waals surface area contributed by atoms with E-state index in [-0.39, 0.29) is 23.7 Å². The topological polar surface area (TPSA) is 85.4 Å². The first-order chi connectivity index (χ1) is 10.6. The molecular formula is C15H18N2O4S. The lowest BCUT2D eigenvalue weighted by molar-refractivity contribution is -0.136. The molecule has 1 aromatic heterocycles. The van der Waals surface area contributed by atoms with Crippen molar-refractivity contribution in [3.8, 4) is 0 Å². The van der Waals surface area contributed by atoms with Gasteiger partial charge in [-0.2, -0.15) is 0 Å². The number of hydrogen-bond acceptors (Lipinski definition) is 6. The maximum absolute atomic E-state index is 12.4. The minimum Gasteiger partial charge on any atom is -0.465 e. The van der Waals surface area contributed by atoms with E-state index in [4.69, 9.17) is 0 Å². The second-order valence-corrected chi connectivity index (χ2v) is 6.94. The van der Waals surface area contributed by atoms with E-state index >= 15 is 0 Å². The summed E-state index contributed by atoms with van der Waals surface area (Å²) in [7, 11) is 1.30. The lowest BCUT2D eigenvalue weighted by atomic mass is 9.67. The van der Waals surface area contributed by atoms with Crippen molar-refractivity contribution in [3.63, 3.8) is 0 Å². The molecule has 0 radical (unpaired) electrons. The molecule has 7 heteroatoms. The zero-order valence-electron chi connectivity index (χ0n) is 12.3. The quantitative estimate of drug-likeness (QED) is 0.863. The summed E-state index contributed by atoms with van der Waals surface area (Å²) in [6.45, 7) is 0. The van der Waals surface area contributed by atoms with E-state index in [9.17, 15) is 14.4 Å². The standard InChI is InChI=1S/C15H18N2O4S/c1-21-14(20)11-7-16-15(22-11)17-13(19)10-5-8-3-2-4-9(6-10)12(8)18/h7-10H,2-6H2,1H3,(H,16,17,19). The van der Waals surface area contributed by atoms with Crippen LogP contribution in [0.4, 0.5) is 5.13 Å².